The van der Waals surface area contributed by atoms with E-state index in [0.29, 0.717) is 18.6 Å². The van der Waals surface area contributed by atoms with Gasteiger partial charge in [-0.3, -0.25) is 4.99 Å². The smallest absolute Gasteiger partial charge is 0.161 e. The molecule has 0 bridgehead atoms. The van der Waals surface area contributed by atoms with Crippen molar-refractivity contribution in [2.24, 2.45) is 10.1 Å². The number of hydrogen-bond donors (Lipinski definition) is 0. The fourth-order valence-electron chi connectivity index (χ4n) is 4.61. The van der Waals surface area contributed by atoms with Gasteiger partial charge in [0.1, 0.15) is 6.61 Å². The molecule has 0 unspecified atom stereocenters. The van der Waals surface area contributed by atoms with Crippen LogP contribution in [0.25, 0.3) is 0 Å². The first kappa shape index (κ1) is 20.5. The van der Waals surface area contributed by atoms with E-state index in [0.717, 1.165) is 46.0 Å². The second-order valence-corrected chi connectivity index (χ2v) is 7.91. The van der Waals surface area contributed by atoms with Crippen LogP contribution in [0.1, 0.15) is 67.7 Å². The first-order chi connectivity index (χ1) is 14.7. The van der Waals surface area contributed by atoms with E-state index < -0.39 is 0 Å². The Labute approximate surface area is 178 Å². The molecule has 5 nitrogen and oxygen atoms in total. The van der Waals surface area contributed by atoms with Crippen LogP contribution >= 0.6 is 0 Å². The van der Waals surface area contributed by atoms with Gasteiger partial charge in [-0.15, -0.1) is 0 Å². The number of aliphatic imine (C=N–C) groups is 1. The third-order valence-electron chi connectivity index (χ3n) is 6.12. The fourth-order valence-corrected chi connectivity index (χ4v) is 4.61. The van der Waals surface area contributed by atoms with E-state index in [1.807, 2.05) is 13.8 Å². The van der Waals surface area contributed by atoms with Gasteiger partial charge >= 0.3 is 0 Å². The van der Waals surface area contributed by atoms with E-state index in [1.54, 1.807) is 14.2 Å². The van der Waals surface area contributed by atoms with Crippen molar-refractivity contribution in [1.29, 1.82) is 0 Å². The van der Waals surface area contributed by atoms with Gasteiger partial charge in [-0.2, -0.15) is 0 Å². The number of fused-ring (bicyclic) bond motifs is 3. The van der Waals surface area contributed by atoms with Gasteiger partial charge < -0.3 is 14.3 Å². The van der Waals surface area contributed by atoms with Gasteiger partial charge in [0.2, 0.25) is 0 Å². The summed E-state index contributed by atoms with van der Waals surface area (Å²) in [7, 11) is 3.38. The average Bonchev–Trinajstić information content (AvgIpc) is 2.81. The zero-order chi connectivity index (χ0) is 21.1. The summed E-state index contributed by atoms with van der Waals surface area (Å²) < 4.78 is 11.2. The van der Waals surface area contributed by atoms with E-state index in [2.05, 4.69) is 41.6 Å². The topological polar surface area (TPSA) is 52.4 Å². The molecule has 1 saturated carbocycles. The van der Waals surface area contributed by atoms with Crippen LogP contribution in [0.15, 0.2) is 46.5 Å². The van der Waals surface area contributed by atoms with Gasteiger partial charge in [-0.1, -0.05) is 36.2 Å². The average molecular weight is 407 g/mol. The number of nitrogens with zero attached hydrogens (tertiary/aromatic N) is 2. The highest BCUT2D eigenvalue weighted by atomic mass is 16.6. The lowest BCUT2D eigenvalue weighted by Gasteiger charge is -2.35. The lowest BCUT2D eigenvalue weighted by atomic mass is 9.75. The highest BCUT2D eigenvalue weighted by Crippen LogP contribution is 2.44. The third kappa shape index (κ3) is 3.81. The summed E-state index contributed by atoms with van der Waals surface area (Å²) in [5.74, 6) is 1.97. The van der Waals surface area contributed by atoms with Crippen LogP contribution in [0.5, 0.6) is 11.5 Å². The lowest BCUT2D eigenvalue weighted by Crippen LogP contribution is -2.29. The van der Waals surface area contributed by atoms with Gasteiger partial charge in [0.15, 0.2) is 11.5 Å². The zero-order valence-electron chi connectivity index (χ0n) is 18.3. The lowest BCUT2D eigenvalue weighted by molar-refractivity contribution is 0.159. The molecular formula is C25H30N2O3. The summed E-state index contributed by atoms with van der Waals surface area (Å²) in [6.07, 6.45) is 4.79. The minimum atomic E-state index is 0.321. The number of methoxy groups -OCH3 is 2. The maximum absolute atomic E-state index is 5.62. The van der Waals surface area contributed by atoms with E-state index in [9.17, 15) is 0 Å². The molecule has 2 atom stereocenters. The molecule has 1 fully saturated rings. The van der Waals surface area contributed by atoms with Crippen molar-refractivity contribution in [2.45, 2.75) is 51.5 Å². The van der Waals surface area contributed by atoms with Crippen LogP contribution in [0.2, 0.25) is 0 Å². The molecule has 0 amide bonds. The van der Waals surface area contributed by atoms with E-state index >= 15 is 0 Å². The van der Waals surface area contributed by atoms with Gasteiger partial charge in [-0.25, -0.2) is 0 Å². The van der Waals surface area contributed by atoms with E-state index in [-0.39, 0.29) is 0 Å². The predicted octanol–water partition coefficient (Wildman–Crippen LogP) is 5.34. The standard InChI is InChI=1S/C25H30N2O3/c1-5-30-27-16(2)17-9-8-10-18(13-17)25-21-15-24(29-4)23(28-3)14-20(21)19-11-6-7-12-22(19)26-25/h8-10,13-15,19,22H,5-7,11-12H2,1-4H3/t19-,22-/m1/s1. The molecule has 2 aliphatic rings. The molecular weight excluding hydrogens is 376 g/mol. The number of oxime groups is 1. The van der Waals surface area contributed by atoms with Gasteiger partial charge in [0.25, 0.3) is 0 Å². The Morgan fingerprint density at radius 3 is 2.60 bits per heavy atom. The first-order valence-electron chi connectivity index (χ1n) is 10.8. The molecule has 2 aromatic rings. The van der Waals surface area contributed by atoms with Crippen LogP contribution in [0.3, 0.4) is 0 Å². The Balaban J connectivity index is 1.83. The first-order valence-corrected chi connectivity index (χ1v) is 10.8. The Morgan fingerprint density at radius 2 is 1.83 bits per heavy atom. The molecule has 0 spiro atoms. The largest absolute Gasteiger partial charge is 0.493 e. The van der Waals surface area contributed by atoms with Crippen molar-refractivity contribution in [3.05, 3.63) is 58.7 Å². The minimum absolute atomic E-state index is 0.321. The molecule has 1 heterocycles. The number of benzene rings is 2. The fraction of sp³-hybridized carbons (Fsp3) is 0.440. The Hall–Kier alpha value is -2.82. The number of ether oxygens (including phenoxy) is 2. The molecule has 4 rings (SSSR count). The minimum Gasteiger partial charge on any atom is -0.493 e. The summed E-state index contributed by atoms with van der Waals surface area (Å²) in [5.41, 5.74) is 6.49. The SMILES string of the molecule is CCON=C(C)c1cccc(C2=N[C@@H]3CCCC[C@@H]3c3cc(OC)c(OC)cc32)c1. The van der Waals surface area contributed by atoms with Crippen LogP contribution in [-0.4, -0.2) is 38.3 Å². The van der Waals surface area contributed by atoms with Gasteiger partial charge in [0.05, 0.1) is 31.7 Å². The number of rotatable bonds is 6. The highest BCUT2D eigenvalue weighted by Gasteiger charge is 2.34. The quantitative estimate of drug-likeness (QED) is 0.480. The second kappa shape index (κ2) is 8.90. The summed E-state index contributed by atoms with van der Waals surface area (Å²) >= 11 is 0. The summed E-state index contributed by atoms with van der Waals surface area (Å²) in [5, 5.41) is 4.20. The van der Waals surface area contributed by atoms with Crippen molar-refractivity contribution in [3.63, 3.8) is 0 Å². The molecule has 158 valence electrons. The third-order valence-corrected chi connectivity index (χ3v) is 6.12. The van der Waals surface area contributed by atoms with Gasteiger partial charge in [-0.05, 0) is 56.0 Å². The molecule has 5 heteroatoms. The molecule has 0 radical (unpaired) electrons. The number of hydrogen-bond acceptors (Lipinski definition) is 5. The van der Waals surface area contributed by atoms with E-state index in [4.69, 9.17) is 19.3 Å². The van der Waals surface area contributed by atoms with Crippen molar-refractivity contribution in [2.75, 3.05) is 20.8 Å². The molecule has 1 aliphatic carbocycles. The maximum atomic E-state index is 5.62. The summed E-state index contributed by atoms with van der Waals surface area (Å²) in [6, 6.07) is 13.0. The van der Waals surface area contributed by atoms with Crippen molar-refractivity contribution in [3.8, 4) is 11.5 Å². The maximum Gasteiger partial charge on any atom is 0.161 e. The van der Waals surface area contributed by atoms with Crippen molar-refractivity contribution >= 4 is 11.4 Å². The zero-order valence-corrected chi connectivity index (χ0v) is 18.3. The van der Waals surface area contributed by atoms with Crippen molar-refractivity contribution in [1.82, 2.24) is 0 Å². The van der Waals surface area contributed by atoms with E-state index in [1.165, 1.54) is 24.8 Å². The van der Waals surface area contributed by atoms with Crippen LogP contribution < -0.4 is 9.47 Å². The molecule has 0 N–H and O–H groups in total. The normalized spacial score (nSPS) is 20.7. The highest BCUT2D eigenvalue weighted by molar-refractivity contribution is 6.16. The van der Waals surface area contributed by atoms with Crippen LogP contribution in [0, 0.1) is 0 Å². The molecule has 1 aliphatic heterocycles. The Bertz CT molecular complexity index is 980. The monoisotopic (exact) mass is 406 g/mol. The summed E-state index contributed by atoms with van der Waals surface area (Å²) in [6.45, 7) is 4.46. The Kier molecular flexibility index (Phi) is 6.07. The second-order valence-electron chi connectivity index (χ2n) is 7.91. The molecule has 30 heavy (non-hydrogen) atoms. The Morgan fingerprint density at radius 1 is 1.07 bits per heavy atom. The predicted molar refractivity (Wildman–Crippen MR) is 120 cm³/mol. The molecule has 2 aromatic carbocycles. The summed E-state index contributed by atoms with van der Waals surface area (Å²) in [4.78, 5) is 10.5. The van der Waals surface area contributed by atoms with Crippen LogP contribution in [0.4, 0.5) is 0 Å². The van der Waals surface area contributed by atoms with Crippen LogP contribution in [-0.2, 0) is 4.84 Å². The van der Waals surface area contributed by atoms with Crippen molar-refractivity contribution < 1.29 is 14.3 Å². The van der Waals surface area contributed by atoms with Gasteiger partial charge in [0, 0.05) is 17.0 Å². The molecule has 0 aromatic heterocycles. The molecule has 0 saturated heterocycles.